The van der Waals surface area contributed by atoms with Crippen LogP contribution >= 0.6 is 0 Å². The van der Waals surface area contributed by atoms with Gasteiger partial charge >= 0.3 is 0 Å². The lowest BCUT2D eigenvalue weighted by Gasteiger charge is -2.19. The summed E-state index contributed by atoms with van der Waals surface area (Å²) in [5.41, 5.74) is 5.93. The van der Waals surface area contributed by atoms with E-state index in [1.807, 2.05) is 0 Å². The topological polar surface area (TPSA) is 130 Å². The molecule has 1 aliphatic carbocycles. The monoisotopic (exact) mass is 295 g/mol. The third-order valence-corrected chi connectivity index (χ3v) is 3.64. The summed E-state index contributed by atoms with van der Waals surface area (Å²) in [6, 6.07) is -1.22. The van der Waals surface area contributed by atoms with E-state index < -0.39 is 30.2 Å². The number of hydrogen-bond acceptors (Lipinski definition) is 7. The molecule has 1 unspecified atom stereocenters. The van der Waals surface area contributed by atoms with Crippen LogP contribution < -0.4 is 5.73 Å². The number of aliphatic hydroxyl groups is 3. The molecular weight excluding hydrogens is 281 g/mol. The van der Waals surface area contributed by atoms with Crippen molar-refractivity contribution < 1.29 is 19.7 Å². The van der Waals surface area contributed by atoms with Gasteiger partial charge in [-0.25, -0.2) is 19.3 Å². The Bertz CT molecular complexity index is 729. The maximum absolute atomic E-state index is 14.5. The number of fused-ring (bicyclic) bond motifs is 1. The summed E-state index contributed by atoms with van der Waals surface area (Å²) in [5, 5.41) is 29.5. The number of halogens is 1. The van der Waals surface area contributed by atoms with Gasteiger partial charge in [0.25, 0.3) is 0 Å². The molecule has 0 spiro atoms. The van der Waals surface area contributed by atoms with Crippen LogP contribution in [0.1, 0.15) is 13.0 Å². The minimum absolute atomic E-state index is 0.131. The second-order valence-electron chi connectivity index (χ2n) is 4.94. The average molecular weight is 295 g/mol. The first-order valence-electron chi connectivity index (χ1n) is 6.30. The molecular formula is C12H14FN5O3. The first-order chi connectivity index (χ1) is 9.93. The number of aromatic nitrogens is 4. The number of nitrogen functional groups attached to an aromatic ring is 1. The van der Waals surface area contributed by atoms with Crippen LogP contribution in [0.5, 0.6) is 0 Å². The lowest BCUT2D eigenvalue weighted by atomic mass is 10.1. The molecule has 2 aromatic rings. The van der Waals surface area contributed by atoms with Crippen LogP contribution in [-0.4, -0.2) is 53.2 Å². The summed E-state index contributed by atoms with van der Waals surface area (Å²) in [5.74, 6) is -0.673. The number of rotatable bonds is 2. The van der Waals surface area contributed by atoms with E-state index in [2.05, 4.69) is 15.0 Å². The fraction of sp³-hybridized carbons (Fsp3) is 0.417. The van der Waals surface area contributed by atoms with Crippen LogP contribution in [0.15, 0.2) is 24.1 Å². The number of imidazole rings is 1. The SMILES string of the molecule is CC(O)C1=C(F)[C@@H](n2cnc3c(N)ncnc32)[C@H](O)[C@@H]1O. The molecule has 112 valence electrons. The fourth-order valence-corrected chi connectivity index (χ4v) is 2.63. The number of hydrogen-bond donors (Lipinski definition) is 4. The van der Waals surface area contributed by atoms with Crippen LogP contribution in [0.3, 0.4) is 0 Å². The van der Waals surface area contributed by atoms with E-state index in [0.717, 1.165) is 0 Å². The summed E-state index contributed by atoms with van der Waals surface area (Å²) in [6.07, 6.45) is -1.70. The van der Waals surface area contributed by atoms with Crippen molar-refractivity contribution in [1.82, 2.24) is 19.5 Å². The van der Waals surface area contributed by atoms with Crippen LogP contribution in [-0.2, 0) is 0 Å². The number of aliphatic hydroxyl groups excluding tert-OH is 3. The molecule has 0 fully saturated rings. The highest BCUT2D eigenvalue weighted by Gasteiger charge is 2.45. The minimum Gasteiger partial charge on any atom is -0.389 e. The van der Waals surface area contributed by atoms with Crippen molar-refractivity contribution in [3.05, 3.63) is 24.1 Å². The van der Waals surface area contributed by atoms with Crippen LogP contribution in [0.4, 0.5) is 10.2 Å². The lowest BCUT2D eigenvalue weighted by molar-refractivity contribution is 0.0217. The van der Waals surface area contributed by atoms with E-state index in [-0.39, 0.29) is 22.6 Å². The maximum Gasteiger partial charge on any atom is 0.166 e. The Balaban J connectivity index is 2.17. The molecule has 0 saturated heterocycles. The van der Waals surface area contributed by atoms with Crippen molar-refractivity contribution in [3.63, 3.8) is 0 Å². The number of nitrogens with two attached hydrogens (primary N) is 1. The molecule has 9 heteroatoms. The summed E-state index contributed by atoms with van der Waals surface area (Å²) >= 11 is 0. The Morgan fingerprint density at radius 1 is 1.33 bits per heavy atom. The van der Waals surface area contributed by atoms with E-state index in [1.165, 1.54) is 24.1 Å². The molecule has 0 aliphatic heterocycles. The third-order valence-electron chi connectivity index (χ3n) is 3.64. The first-order valence-corrected chi connectivity index (χ1v) is 6.30. The molecule has 8 nitrogen and oxygen atoms in total. The van der Waals surface area contributed by atoms with Gasteiger partial charge in [-0.05, 0) is 6.92 Å². The van der Waals surface area contributed by atoms with Gasteiger partial charge in [0.2, 0.25) is 0 Å². The average Bonchev–Trinajstić information content (AvgIpc) is 2.92. The zero-order chi connectivity index (χ0) is 15.3. The van der Waals surface area contributed by atoms with Crippen LogP contribution in [0.25, 0.3) is 11.2 Å². The molecule has 0 amide bonds. The van der Waals surface area contributed by atoms with Crippen molar-refractivity contribution in [3.8, 4) is 0 Å². The largest absolute Gasteiger partial charge is 0.389 e. The van der Waals surface area contributed by atoms with Crippen molar-refractivity contribution in [2.45, 2.75) is 31.3 Å². The van der Waals surface area contributed by atoms with Crippen molar-refractivity contribution in [2.75, 3.05) is 5.73 Å². The summed E-state index contributed by atoms with van der Waals surface area (Å²) < 4.78 is 15.7. The van der Waals surface area contributed by atoms with Gasteiger partial charge < -0.3 is 25.6 Å². The maximum atomic E-state index is 14.5. The van der Waals surface area contributed by atoms with Crippen molar-refractivity contribution >= 4 is 17.0 Å². The van der Waals surface area contributed by atoms with Gasteiger partial charge in [-0.3, -0.25) is 0 Å². The Morgan fingerprint density at radius 2 is 2.05 bits per heavy atom. The van der Waals surface area contributed by atoms with E-state index in [1.54, 1.807) is 0 Å². The third kappa shape index (κ3) is 1.89. The summed E-state index contributed by atoms with van der Waals surface area (Å²) in [7, 11) is 0. The Hall–Kier alpha value is -2.10. The molecule has 2 aromatic heterocycles. The van der Waals surface area contributed by atoms with E-state index in [4.69, 9.17) is 5.73 Å². The van der Waals surface area contributed by atoms with Crippen LogP contribution in [0, 0.1) is 0 Å². The van der Waals surface area contributed by atoms with Crippen molar-refractivity contribution in [1.29, 1.82) is 0 Å². The fourth-order valence-electron chi connectivity index (χ4n) is 2.63. The minimum atomic E-state index is -1.49. The van der Waals surface area contributed by atoms with E-state index >= 15 is 0 Å². The van der Waals surface area contributed by atoms with Gasteiger partial charge in [0.15, 0.2) is 11.5 Å². The molecule has 21 heavy (non-hydrogen) atoms. The molecule has 0 saturated carbocycles. The van der Waals surface area contributed by atoms with Crippen molar-refractivity contribution in [2.24, 2.45) is 0 Å². The smallest absolute Gasteiger partial charge is 0.166 e. The second kappa shape index (κ2) is 4.72. The predicted octanol–water partition coefficient (Wildman–Crippen LogP) is -0.711. The highest BCUT2D eigenvalue weighted by Crippen LogP contribution is 2.40. The zero-order valence-corrected chi connectivity index (χ0v) is 11.0. The summed E-state index contributed by atoms with van der Waals surface area (Å²) in [4.78, 5) is 11.7. The van der Waals surface area contributed by atoms with Crippen LogP contribution in [0.2, 0.25) is 0 Å². The molecule has 3 rings (SSSR count). The van der Waals surface area contributed by atoms with Gasteiger partial charge in [-0.2, -0.15) is 0 Å². The Labute approximate surface area is 118 Å². The summed E-state index contributed by atoms with van der Waals surface area (Å²) in [6.45, 7) is 1.32. The molecule has 2 heterocycles. The van der Waals surface area contributed by atoms with Gasteiger partial charge in [0, 0.05) is 5.57 Å². The molecule has 0 bridgehead atoms. The van der Waals surface area contributed by atoms with E-state index in [9.17, 15) is 19.7 Å². The molecule has 5 N–H and O–H groups in total. The predicted molar refractivity (Wildman–Crippen MR) is 70.6 cm³/mol. The molecule has 0 aromatic carbocycles. The van der Waals surface area contributed by atoms with Gasteiger partial charge in [-0.1, -0.05) is 0 Å². The first kappa shape index (κ1) is 13.9. The van der Waals surface area contributed by atoms with Gasteiger partial charge in [-0.15, -0.1) is 0 Å². The Morgan fingerprint density at radius 3 is 2.67 bits per heavy atom. The number of nitrogens with zero attached hydrogens (tertiary/aromatic N) is 4. The van der Waals surface area contributed by atoms with E-state index in [0.29, 0.717) is 0 Å². The standard InChI is InChI=1S/C12H14FN5O3/c1-4(19)5-6(13)8(10(21)9(5)20)18-3-17-7-11(14)15-2-16-12(7)18/h2-4,8-10,19-21H,1H3,(H2,14,15,16)/t4?,8-,9-,10+/m1/s1. The second-order valence-corrected chi connectivity index (χ2v) is 4.94. The zero-order valence-electron chi connectivity index (χ0n) is 11.0. The lowest BCUT2D eigenvalue weighted by Crippen LogP contribution is -2.31. The molecule has 4 atom stereocenters. The molecule has 0 radical (unpaired) electrons. The normalized spacial score (nSPS) is 27.6. The van der Waals surface area contributed by atoms with Gasteiger partial charge in [0.05, 0.1) is 12.4 Å². The molecule has 1 aliphatic rings. The number of anilines is 1. The van der Waals surface area contributed by atoms with Gasteiger partial charge in [0.1, 0.15) is 35.9 Å². The Kier molecular flexibility index (Phi) is 3.12. The highest BCUT2D eigenvalue weighted by molar-refractivity contribution is 5.81. The quantitative estimate of drug-likeness (QED) is 0.575. The highest BCUT2D eigenvalue weighted by atomic mass is 19.1.